The van der Waals surface area contributed by atoms with Crippen LogP contribution < -0.4 is 4.74 Å². The van der Waals surface area contributed by atoms with Gasteiger partial charge in [0, 0.05) is 0 Å². The summed E-state index contributed by atoms with van der Waals surface area (Å²) in [5, 5.41) is 0. The minimum atomic E-state index is 0.881. The van der Waals surface area contributed by atoms with Crippen molar-refractivity contribution in [1.82, 2.24) is 0 Å². The molecule has 0 heterocycles. The van der Waals surface area contributed by atoms with Crippen molar-refractivity contribution in [3.05, 3.63) is 29.8 Å². The average Bonchev–Trinajstić information content (AvgIpc) is 2.72. The molecule has 0 N–H and O–H groups in total. The van der Waals surface area contributed by atoms with E-state index in [1.165, 1.54) is 89.0 Å². The van der Waals surface area contributed by atoms with Crippen LogP contribution in [0.25, 0.3) is 0 Å². The average molecular weight is 371 g/mol. The summed E-state index contributed by atoms with van der Waals surface area (Å²) in [6.07, 6.45) is 18.2. The molecule has 1 heteroatoms. The lowest BCUT2D eigenvalue weighted by Gasteiger charge is -2.27. The van der Waals surface area contributed by atoms with Crippen molar-refractivity contribution < 1.29 is 4.74 Å². The van der Waals surface area contributed by atoms with Gasteiger partial charge in [0.2, 0.25) is 0 Å². The first-order valence-electron chi connectivity index (χ1n) is 11.9. The SMILES string of the molecule is CCC1CCC(CCc2ccc(OCCCC3CCC(C)CC3)cc2)CC1. The maximum Gasteiger partial charge on any atom is 0.119 e. The van der Waals surface area contributed by atoms with E-state index >= 15 is 0 Å². The van der Waals surface area contributed by atoms with Crippen LogP contribution >= 0.6 is 0 Å². The van der Waals surface area contributed by atoms with Gasteiger partial charge in [-0.25, -0.2) is 0 Å². The molecule has 0 amide bonds. The number of hydrogen-bond acceptors (Lipinski definition) is 1. The van der Waals surface area contributed by atoms with Crippen molar-refractivity contribution in [2.24, 2.45) is 23.7 Å². The van der Waals surface area contributed by atoms with E-state index in [1.54, 1.807) is 0 Å². The minimum Gasteiger partial charge on any atom is -0.494 e. The number of benzene rings is 1. The highest BCUT2D eigenvalue weighted by Gasteiger charge is 2.20. The molecule has 0 saturated heterocycles. The zero-order valence-electron chi connectivity index (χ0n) is 17.9. The van der Waals surface area contributed by atoms with Gasteiger partial charge in [0.1, 0.15) is 5.75 Å². The first-order chi connectivity index (χ1) is 13.2. The molecule has 0 unspecified atom stereocenters. The number of ether oxygens (including phenoxy) is 1. The van der Waals surface area contributed by atoms with Crippen molar-refractivity contribution in [3.8, 4) is 5.75 Å². The van der Waals surface area contributed by atoms with Crippen LogP contribution in [0.1, 0.15) is 96.5 Å². The van der Waals surface area contributed by atoms with Crippen molar-refractivity contribution in [2.75, 3.05) is 6.61 Å². The third-order valence-corrected chi connectivity index (χ3v) is 7.47. The van der Waals surface area contributed by atoms with Crippen LogP contribution in [0, 0.1) is 23.7 Å². The fraction of sp³-hybridized carbons (Fsp3) is 0.769. The Bertz CT molecular complexity index is 504. The van der Waals surface area contributed by atoms with E-state index in [4.69, 9.17) is 4.74 Å². The lowest BCUT2D eigenvalue weighted by atomic mass is 9.78. The summed E-state index contributed by atoms with van der Waals surface area (Å²) < 4.78 is 5.99. The second-order valence-corrected chi connectivity index (χ2v) is 9.59. The second kappa shape index (κ2) is 11.1. The van der Waals surface area contributed by atoms with E-state index in [0.29, 0.717) is 0 Å². The van der Waals surface area contributed by atoms with Gasteiger partial charge in [-0.1, -0.05) is 83.8 Å². The van der Waals surface area contributed by atoms with E-state index in [0.717, 1.165) is 36.0 Å². The maximum absolute atomic E-state index is 5.99. The molecule has 1 nitrogen and oxygen atoms in total. The Morgan fingerprint density at radius 2 is 1.37 bits per heavy atom. The predicted octanol–water partition coefficient (Wildman–Crippen LogP) is 7.82. The Morgan fingerprint density at radius 1 is 0.778 bits per heavy atom. The Balaban J connectivity index is 1.28. The van der Waals surface area contributed by atoms with Gasteiger partial charge < -0.3 is 4.74 Å². The van der Waals surface area contributed by atoms with Gasteiger partial charge in [-0.2, -0.15) is 0 Å². The molecule has 27 heavy (non-hydrogen) atoms. The van der Waals surface area contributed by atoms with E-state index in [2.05, 4.69) is 38.1 Å². The normalized spacial score (nSPS) is 28.8. The summed E-state index contributed by atoms with van der Waals surface area (Å²) >= 11 is 0. The van der Waals surface area contributed by atoms with Crippen LogP contribution in [0.15, 0.2) is 24.3 Å². The molecule has 0 atom stereocenters. The van der Waals surface area contributed by atoms with Gasteiger partial charge >= 0.3 is 0 Å². The summed E-state index contributed by atoms with van der Waals surface area (Å²) in [5.74, 6) is 4.95. The standard InChI is InChI=1S/C26H42O/c1-3-22-10-12-24(13-11-22)14-15-25-16-18-26(19-17-25)27-20-4-5-23-8-6-21(2)7-9-23/h16-19,21-24H,3-15,20H2,1-2H3. The quantitative estimate of drug-likeness (QED) is 0.402. The lowest BCUT2D eigenvalue weighted by molar-refractivity contribution is 0.245. The Labute approximate surface area is 168 Å². The molecule has 0 bridgehead atoms. The highest BCUT2D eigenvalue weighted by atomic mass is 16.5. The first kappa shape index (κ1) is 20.7. The lowest BCUT2D eigenvalue weighted by Crippen LogP contribution is -2.14. The summed E-state index contributed by atoms with van der Waals surface area (Å²) in [7, 11) is 0. The summed E-state index contributed by atoms with van der Waals surface area (Å²) in [6.45, 7) is 5.64. The van der Waals surface area contributed by atoms with E-state index < -0.39 is 0 Å². The van der Waals surface area contributed by atoms with Gasteiger partial charge in [0.05, 0.1) is 6.61 Å². The van der Waals surface area contributed by atoms with Gasteiger partial charge in [-0.05, 0) is 67.1 Å². The third-order valence-electron chi connectivity index (χ3n) is 7.47. The maximum atomic E-state index is 5.99. The number of rotatable bonds is 9. The molecule has 0 spiro atoms. The summed E-state index contributed by atoms with van der Waals surface area (Å²) in [5.41, 5.74) is 1.48. The van der Waals surface area contributed by atoms with Crippen LogP contribution in [0.2, 0.25) is 0 Å². The fourth-order valence-corrected chi connectivity index (χ4v) is 5.23. The van der Waals surface area contributed by atoms with Crippen LogP contribution in [0.5, 0.6) is 5.75 Å². The third kappa shape index (κ3) is 7.16. The van der Waals surface area contributed by atoms with Crippen LogP contribution in [-0.2, 0) is 6.42 Å². The zero-order valence-corrected chi connectivity index (χ0v) is 17.9. The molecule has 1 aromatic carbocycles. The molecule has 152 valence electrons. The van der Waals surface area contributed by atoms with Gasteiger partial charge in [-0.3, -0.25) is 0 Å². The highest BCUT2D eigenvalue weighted by Crippen LogP contribution is 2.33. The number of hydrogen-bond donors (Lipinski definition) is 0. The molecule has 0 aromatic heterocycles. The molecule has 0 radical (unpaired) electrons. The van der Waals surface area contributed by atoms with E-state index in [-0.39, 0.29) is 0 Å². The molecule has 2 aliphatic carbocycles. The number of aryl methyl sites for hydroxylation is 1. The summed E-state index contributed by atoms with van der Waals surface area (Å²) in [6, 6.07) is 8.95. The second-order valence-electron chi connectivity index (χ2n) is 9.59. The smallest absolute Gasteiger partial charge is 0.119 e. The summed E-state index contributed by atoms with van der Waals surface area (Å²) in [4.78, 5) is 0. The predicted molar refractivity (Wildman–Crippen MR) is 116 cm³/mol. The van der Waals surface area contributed by atoms with Crippen LogP contribution in [0.3, 0.4) is 0 Å². The largest absolute Gasteiger partial charge is 0.494 e. The van der Waals surface area contributed by atoms with E-state index in [1.807, 2.05) is 0 Å². The fourth-order valence-electron chi connectivity index (χ4n) is 5.23. The van der Waals surface area contributed by atoms with Gasteiger partial charge in [0.15, 0.2) is 0 Å². The van der Waals surface area contributed by atoms with Crippen LogP contribution in [0.4, 0.5) is 0 Å². The van der Waals surface area contributed by atoms with Crippen molar-refractivity contribution in [3.63, 3.8) is 0 Å². The van der Waals surface area contributed by atoms with Gasteiger partial charge in [0.25, 0.3) is 0 Å². The molecule has 2 fully saturated rings. The monoisotopic (exact) mass is 370 g/mol. The zero-order chi connectivity index (χ0) is 18.9. The topological polar surface area (TPSA) is 9.23 Å². The molecular formula is C26H42O. The first-order valence-corrected chi connectivity index (χ1v) is 11.9. The van der Waals surface area contributed by atoms with Crippen molar-refractivity contribution >= 4 is 0 Å². The minimum absolute atomic E-state index is 0.881. The Morgan fingerprint density at radius 3 is 2.04 bits per heavy atom. The van der Waals surface area contributed by atoms with E-state index in [9.17, 15) is 0 Å². The molecule has 3 rings (SSSR count). The van der Waals surface area contributed by atoms with Crippen molar-refractivity contribution in [2.45, 2.75) is 97.3 Å². The molecule has 1 aromatic rings. The Hall–Kier alpha value is -0.980. The molecule has 0 aliphatic heterocycles. The Kier molecular flexibility index (Phi) is 8.55. The molecular weight excluding hydrogens is 328 g/mol. The van der Waals surface area contributed by atoms with Crippen molar-refractivity contribution in [1.29, 1.82) is 0 Å². The van der Waals surface area contributed by atoms with Gasteiger partial charge in [-0.15, -0.1) is 0 Å². The highest BCUT2D eigenvalue weighted by molar-refractivity contribution is 5.27. The van der Waals surface area contributed by atoms with Crippen LogP contribution in [-0.4, -0.2) is 6.61 Å². The molecule has 2 aliphatic rings. The molecule has 2 saturated carbocycles.